The molecule has 0 aromatic carbocycles. The van der Waals surface area contributed by atoms with Gasteiger partial charge < -0.3 is 9.80 Å². The van der Waals surface area contributed by atoms with Crippen molar-refractivity contribution in [2.45, 2.75) is 31.5 Å². The molecular weight excluding hydrogens is 286 g/mol. The lowest BCUT2D eigenvalue weighted by Gasteiger charge is -2.39. The third-order valence-corrected chi connectivity index (χ3v) is 5.10. The van der Waals surface area contributed by atoms with Gasteiger partial charge in [-0.1, -0.05) is 11.6 Å². The first kappa shape index (κ1) is 11.9. The van der Waals surface area contributed by atoms with Gasteiger partial charge >= 0.3 is 0 Å². The van der Waals surface area contributed by atoms with E-state index in [1.807, 2.05) is 10.9 Å². The van der Waals surface area contributed by atoms with E-state index in [4.69, 9.17) is 16.6 Å². The first-order valence-corrected chi connectivity index (χ1v) is 7.85. The van der Waals surface area contributed by atoms with E-state index in [0.717, 1.165) is 29.3 Å². The number of aromatic nitrogens is 3. The fourth-order valence-corrected chi connectivity index (χ4v) is 3.60. The summed E-state index contributed by atoms with van der Waals surface area (Å²) < 4.78 is 2.04. The number of pyridine rings is 1. The molecule has 3 aliphatic rings. The third-order valence-electron chi connectivity index (χ3n) is 4.81. The lowest BCUT2D eigenvalue weighted by Crippen LogP contribution is -2.52. The first-order valence-electron chi connectivity index (χ1n) is 7.47. The molecule has 1 saturated carbocycles. The van der Waals surface area contributed by atoms with Crippen LogP contribution < -0.4 is 9.80 Å². The summed E-state index contributed by atoms with van der Waals surface area (Å²) in [5, 5.41) is 5.16. The van der Waals surface area contributed by atoms with Crippen molar-refractivity contribution < 1.29 is 0 Å². The minimum absolute atomic E-state index is 0.466. The second-order valence-electron chi connectivity index (χ2n) is 6.18. The normalized spacial score (nSPS) is 23.0. The lowest BCUT2D eigenvalue weighted by molar-refractivity contribution is 0.466. The smallest absolute Gasteiger partial charge is 0.154 e. The molecule has 0 radical (unpaired) electrons. The summed E-state index contributed by atoms with van der Waals surface area (Å²) in [4.78, 5) is 9.46. The van der Waals surface area contributed by atoms with Gasteiger partial charge in [-0.25, -0.2) is 4.98 Å². The molecule has 5 nitrogen and oxygen atoms in total. The van der Waals surface area contributed by atoms with Crippen molar-refractivity contribution in [3.8, 4) is 11.3 Å². The predicted molar refractivity (Wildman–Crippen MR) is 82.9 cm³/mol. The Labute approximate surface area is 128 Å². The van der Waals surface area contributed by atoms with Crippen LogP contribution in [0.4, 0.5) is 11.5 Å². The average Bonchev–Trinajstić information content (AvgIpc) is 3.12. The van der Waals surface area contributed by atoms with E-state index >= 15 is 0 Å². The van der Waals surface area contributed by atoms with E-state index < -0.39 is 0 Å². The Kier molecular flexibility index (Phi) is 2.21. The minimum Gasteiger partial charge on any atom is -0.348 e. The maximum Gasteiger partial charge on any atom is 0.154 e. The summed E-state index contributed by atoms with van der Waals surface area (Å²) in [5.74, 6) is 1.04. The van der Waals surface area contributed by atoms with Crippen LogP contribution in [0, 0.1) is 0 Å². The van der Waals surface area contributed by atoms with Crippen molar-refractivity contribution in [2.24, 2.45) is 0 Å². The lowest BCUT2D eigenvalue weighted by atomic mass is 10.1. The Bertz CT molecular complexity index is 736. The van der Waals surface area contributed by atoms with Crippen molar-refractivity contribution in [1.82, 2.24) is 14.8 Å². The van der Waals surface area contributed by atoms with Crippen molar-refractivity contribution in [3.05, 3.63) is 23.5 Å². The molecule has 2 aromatic heterocycles. The van der Waals surface area contributed by atoms with Crippen molar-refractivity contribution >= 4 is 23.1 Å². The molecule has 0 amide bonds. The molecule has 6 heteroatoms. The number of anilines is 2. The number of rotatable bonds is 2. The fraction of sp³-hybridized carbons (Fsp3) is 0.467. The van der Waals surface area contributed by atoms with Gasteiger partial charge in [0.15, 0.2) is 5.82 Å². The van der Waals surface area contributed by atoms with Crippen LogP contribution in [0.2, 0.25) is 5.02 Å². The van der Waals surface area contributed by atoms with Crippen LogP contribution in [0.25, 0.3) is 11.3 Å². The second kappa shape index (κ2) is 3.91. The van der Waals surface area contributed by atoms with Gasteiger partial charge in [0.05, 0.1) is 28.6 Å². The summed E-state index contributed by atoms with van der Waals surface area (Å²) in [6.07, 6.45) is 8.06. The summed E-state index contributed by atoms with van der Waals surface area (Å²) >= 11 is 6.49. The van der Waals surface area contributed by atoms with Crippen molar-refractivity contribution in [3.63, 3.8) is 0 Å². The van der Waals surface area contributed by atoms with Crippen LogP contribution >= 0.6 is 11.6 Å². The molecule has 0 spiro atoms. The third kappa shape index (κ3) is 1.58. The van der Waals surface area contributed by atoms with Crippen LogP contribution in [0.1, 0.15) is 25.3 Å². The van der Waals surface area contributed by atoms with Gasteiger partial charge in [-0.2, -0.15) is 5.10 Å². The van der Waals surface area contributed by atoms with Gasteiger partial charge in [0.25, 0.3) is 0 Å². The molecular formula is C15H16ClN5. The number of hydrogen-bond acceptors (Lipinski definition) is 4. The molecule has 2 fully saturated rings. The highest BCUT2D eigenvalue weighted by Gasteiger charge is 2.41. The van der Waals surface area contributed by atoms with Gasteiger partial charge in [-0.3, -0.25) is 4.68 Å². The highest BCUT2D eigenvalue weighted by Crippen LogP contribution is 2.46. The number of halogens is 1. The molecule has 5 rings (SSSR count). The number of nitrogens with zero attached hydrogens (tertiary/aromatic N) is 5. The maximum absolute atomic E-state index is 6.49. The van der Waals surface area contributed by atoms with E-state index in [1.165, 1.54) is 19.3 Å². The van der Waals surface area contributed by atoms with E-state index in [0.29, 0.717) is 17.2 Å². The molecule has 1 unspecified atom stereocenters. The van der Waals surface area contributed by atoms with E-state index in [2.05, 4.69) is 34.2 Å². The van der Waals surface area contributed by atoms with E-state index in [-0.39, 0.29) is 0 Å². The summed E-state index contributed by atoms with van der Waals surface area (Å²) in [5.41, 5.74) is 3.02. The zero-order valence-corrected chi connectivity index (χ0v) is 12.6. The zero-order valence-electron chi connectivity index (χ0n) is 11.8. The Morgan fingerprint density at radius 1 is 1.29 bits per heavy atom. The van der Waals surface area contributed by atoms with Crippen LogP contribution in [0.5, 0.6) is 0 Å². The zero-order chi connectivity index (χ0) is 14.1. The standard InChI is InChI=1S/C15H16ClN5/c1-19-13-4-5-20(13)12-6-11(16)14(18-15(12)19)9-7-17-21(8-9)10-2-3-10/h6-8,10,13H,2-5H2,1H3. The molecule has 1 aliphatic carbocycles. The molecule has 1 atom stereocenters. The van der Waals surface area contributed by atoms with Crippen LogP contribution in [-0.4, -0.2) is 34.5 Å². The van der Waals surface area contributed by atoms with E-state index in [9.17, 15) is 0 Å². The summed E-state index contributed by atoms with van der Waals surface area (Å²) in [7, 11) is 2.11. The Morgan fingerprint density at radius 3 is 2.86 bits per heavy atom. The topological polar surface area (TPSA) is 37.2 Å². The molecule has 2 aliphatic heterocycles. The van der Waals surface area contributed by atoms with Crippen LogP contribution in [0.15, 0.2) is 18.5 Å². The largest absolute Gasteiger partial charge is 0.348 e. The van der Waals surface area contributed by atoms with Gasteiger partial charge in [0.1, 0.15) is 6.17 Å². The predicted octanol–water partition coefficient (Wildman–Crippen LogP) is 2.92. The van der Waals surface area contributed by atoms with Crippen LogP contribution in [-0.2, 0) is 0 Å². The van der Waals surface area contributed by atoms with Gasteiger partial charge in [0, 0.05) is 31.8 Å². The Balaban J connectivity index is 1.60. The Morgan fingerprint density at radius 2 is 2.14 bits per heavy atom. The Hall–Kier alpha value is -1.75. The van der Waals surface area contributed by atoms with Gasteiger partial charge in [0.2, 0.25) is 0 Å². The highest BCUT2D eigenvalue weighted by atomic mass is 35.5. The maximum atomic E-state index is 6.49. The van der Waals surface area contributed by atoms with E-state index in [1.54, 1.807) is 0 Å². The summed E-state index contributed by atoms with van der Waals surface area (Å²) in [6.45, 7) is 1.10. The quantitative estimate of drug-likeness (QED) is 0.855. The second-order valence-corrected chi connectivity index (χ2v) is 6.58. The minimum atomic E-state index is 0.466. The SMILES string of the molecule is CN1c2nc(-c3cnn(C4CC4)c3)c(Cl)cc2N2CCC12. The number of fused-ring (bicyclic) bond motifs is 3. The van der Waals surface area contributed by atoms with Gasteiger partial charge in [-0.15, -0.1) is 0 Å². The van der Waals surface area contributed by atoms with Crippen molar-refractivity contribution in [2.75, 3.05) is 23.4 Å². The molecule has 0 bridgehead atoms. The molecule has 1 saturated heterocycles. The summed E-state index contributed by atoms with van der Waals surface area (Å²) in [6, 6.07) is 2.64. The molecule has 2 aromatic rings. The molecule has 108 valence electrons. The highest BCUT2D eigenvalue weighted by molar-refractivity contribution is 6.33. The monoisotopic (exact) mass is 301 g/mol. The average molecular weight is 302 g/mol. The first-order chi connectivity index (χ1) is 10.2. The molecule has 0 N–H and O–H groups in total. The van der Waals surface area contributed by atoms with Crippen molar-refractivity contribution in [1.29, 1.82) is 0 Å². The fourth-order valence-electron chi connectivity index (χ4n) is 3.34. The van der Waals surface area contributed by atoms with Crippen LogP contribution in [0.3, 0.4) is 0 Å². The molecule has 21 heavy (non-hydrogen) atoms. The number of hydrogen-bond donors (Lipinski definition) is 0. The molecule has 4 heterocycles. The van der Waals surface area contributed by atoms with Gasteiger partial charge in [-0.05, 0) is 18.9 Å².